The number of benzene rings is 2. The van der Waals surface area contributed by atoms with Gasteiger partial charge in [-0.25, -0.2) is 4.98 Å². The fourth-order valence-corrected chi connectivity index (χ4v) is 3.08. The first-order valence-corrected chi connectivity index (χ1v) is 10.2. The lowest BCUT2D eigenvalue weighted by Crippen LogP contribution is -2.32. The lowest BCUT2D eigenvalue weighted by Gasteiger charge is -2.28. The van der Waals surface area contributed by atoms with Crippen LogP contribution in [-0.2, 0) is 6.54 Å². The molecular weight excluding hydrogens is 358 g/mol. The number of nitrogens with zero attached hydrogens (tertiary/aromatic N) is 4. The first-order valence-electron chi connectivity index (χ1n) is 10.2. The number of hydrogen-bond donors (Lipinski definition) is 1. The van der Waals surface area contributed by atoms with E-state index in [4.69, 9.17) is 9.97 Å². The molecule has 0 aliphatic heterocycles. The monoisotopic (exact) mass is 389 g/mol. The van der Waals surface area contributed by atoms with Gasteiger partial charge in [0, 0.05) is 37.3 Å². The van der Waals surface area contributed by atoms with Crippen molar-refractivity contribution in [2.24, 2.45) is 0 Å². The molecule has 0 aliphatic rings. The Kier molecular flexibility index (Phi) is 7.19. The predicted octanol–water partition coefficient (Wildman–Crippen LogP) is 4.53. The van der Waals surface area contributed by atoms with E-state index in [0.29, 0.717) is 0 Å². The molecule has 3 aromatic rings. The Bertz CT molecular complexity index is 878. The van der Waals surface area contributed by atoms with Crippen LogP contribution in [0.25, 0.3) is 11.3 Å². The standard InChI is InChI=1S/C24H31N5/c1-19(2)29(18-20-11-7-5-8-12-20)24-26-22(21-13-9-6-10-14-21)17-23(27-24)25-15-16-28(3)4/h5-14,17,19H,15-16,18H2,1-4H3,(H,25,26,27). The molecule has 2 aromatic carbocycles. The van der Waals surface area contributed by atoms with Gasteiger partial charge in [-0.15, -0.1) is 0 Å². The van der Waals surface area contributed by atoms with E-state index in [2.05, 4.69) is 79.5 Å². The summed E-state index contributed by atoms with van der Waals surface area (Å²) in [6.45, 7) is 6.91. The quantitative estimate of drug-likeness (QED) is 0.582. The maximum Gasteiger partial charge on any atom is 0.228 e. The zero-order chi connectivity index (χ0) is 20.6. The van der Waals surface area contributed by atoms with E-state index >= 15 is 0 Å². The van der Waals surface area contributed by atoms with Gasteiger partial charge in [-0.2, -0.15) is 4.98 Å². The van der Waals surface area contributed by atoms with Crippen LogP contribution in [0, 0.1) is 0 Å². The molecule has 5 nitrogen and oxygen atoms in total. The van der Waals surface area contributed by atoms with E-state index in [1.165, 1.54) is 5.56 Å². The molecule has 152 valence electrons. The van der Waals surface area contributed by atoms with Crippen LogP contribution in [0.2, 0.25) is 0 Å². The van der Waals surface area contributed by atoms with Gasteiger partial charge in [-0.3, -0.25) is 0 Å². The van der Waals surface area contributed by atoms with E-state index in [9.17, 15) is 0 Å². The minimum absolute atomic E-state index is 0.274. The van der Waals surface area contributed by atoms with E-state index in [-0.39, 0.29) is 6.04 Å². The second-order valence-corrected chi connectivity index (χ2v) is 7.74. The summed E-state index contributed by atoms with van der Waals surface area (Å²) < 4.78 is 0. The summed E-state index contributed by atoms with van der Waals surface area (Å²) in [4.78, 5) is 14.2. The summed E-state index contributed by atoms with van der Waals surface area (Å²) in [6.07, 6.45) is 0. The van der Waals surface area contributed by atoms with Crippen molar-refractivity contribution >= 4 is 11.8 Å². The van der Waals surface area contributed by atoms with Crippen LogP contribution < -0.4 is 10.2 Å². The van der Waals surface area contributed by atoms with E-state index in [1.807, 2.05) is 30.3 Å². The molecule has 0 saturated carbocycles. The molecule has 0 amide bonds. The van der Waals surface area contributed by atoms with Gasteiger partial charge in [-0.1, -0.05) is 60.7 Å². The van der Waals surface area contributed by atoms with Crippen LogP contribution in [0.15, 0.2) is 66.7 Å². The normalized spacial score (nSPS) is 11.1. The molecule has 0 saturated heterocycles. The number of anilines is 2. The van der Waals surface area contributed by atoms with Crippen LogP contribution in [0.4, 0.5) is 11.8 Å². The maximum atomic E-state index is 4.93. The van der Waals surface area contributed by atoms with Gasteiger partial charge in [-0.05, 0) is 33.5 Å². The van der Waals surface area contributed by atoms with E-state index < -0.39 is 0 Å². The summed E-state index contributed by atoms with van der Waals surface area (Å²) in [6, 6.07) is 23.1. The fourth-order valence-electron chi connectivity index (χ4n) is 3.08. The highest BCUT2D eigenvalue weighted by Gasteiger charge is 2.17. The molecule has 5 heteroatoms. The van der Waals surface area contributed by atoms with Gasteiger partial charge >= 0.3 is 0 Å². The Balaban J connectivity index is 1.95. The SMILES string of the molecule is CC(C)N(Cc1ccccc1)c1nc(NCCN(C)C)cc(-c2ccccc2)n1. The Hall–Kier alpha value is -2.92. The minimum Gasteiger partial charge on any atom is -0.369 e. The van der Waals surface area contributed by atoms with E-state index in [1.54, 1.807) is 0 Å². The summed E-state index contributed by atoms with van der Waals surface area (Å²) in [5.74, 6) is 1.60. The molecule has 1 heterocycles. The fraction of sp³-hybridized carbons (Fsp3) is 0.333. The number of likely N-dealkylation sites (N-methyl/N-ethyl adjacent to an activating group) is 1. The smallest absolute Gasteiger partial charge is 0.228 e. The van der Waals surface area contributed by atoms with Crippen molar-refractivity contribution in [2.45, 2.75) is 26.4 Å². The van der Waals surface area contributed by atoms with Crippen LogP contribution in [0.1, 0.15) is 19.4 Å². The van der Waals surface area contributed by atoms with Crippen molar-refractivity contribution in [2.75, 3.05) is 37.4 Å². The molecule has 1 aromatic heterocycles. The number of hydrogen-bond acceptors (Lipinski definition) is 5. The van der Waals surface area contributed by atoms with Crippen molar-refractivity contribution in [3.05, 3.63) is 72.3 Å². The van der Waals surface area contributed by atoms with Crippen LogP contribution in [0.5, 0.6) is 0 Å². The third-order valence-corrected chi connectivity index (χ3v) is 4.73. The van der Waals surface area contributed by atoms with Gasteiger partial charge in [0.05, 0.1) is 5.69 Å². The lowest BCUT2D eigenvalue weighted by molar-refractivity contribution is 0.425. The Morgan fingerprint density at radius 1 is 0.897 bits per heavy atom. The van der Waals surface area contributed by atoms with Gasteiger partial charge in [0.15, 0.2) is 0 Å². The van der Waals surface area contributed by atoms with Crippen molar-refractivity contribution in [1.29, 1.82) is 0 Å². The summed E-state index contributed by atoms with van der Waals surface area (Å²) >= 11 is 0. The highest BCUT2D eigenvalue weighted by atomic mass is 15.3. The van der Waals surface area contributed by atoms with Crippen molar-refractivity contribution < 1.29 is 0 Å². The summed E-state index contributed by atoms with van der Waals surface area (Å²) in [7, 11) is 4.14. The zero-order valence-corrected chi connectivity index (χ0v) is 17.8. The molecule has 0 aliphatic carbocycles. The Labute approximate surface area is 174 Å². The third-order valence-electron chi connectivity index (χ3n) is 4.73. The molecular formula is C24H31N5. The molecule has 1 N–H and O–H groups in total. The van der Waals surface area contributed by atoms with Crippen molar-refractivity contribution in [1.82, 2.24) is 14.9 Å². The highest BCUT2D eigenvalue weighted by Crippen LogP contribution is 2.25. The van der Waals surface area contributed by atoms with Gasteiger partial charge in [0.25, 0.3) is 0 Å². The molecule has 0 radical (unpaired) electrons. The third kappa shape index (κ3) is 6.03. The highest BCUT2D eigenvalue weighted by molar-refractivity contribution is 5.64. The minimum atomic E-state index is 0.274. The lowest BCUT2D eigenvalue weighted by atomic mass is 10.1. The molecule has 0 unspecified atom stereocenters. The molecule has 3 rings (SSSR count). The summed E-state index contributed by atoms with van der Waals surface area (Å²) in [5, 5.41) is 3.46. The van der Waals surface area contributed by atoms with Crippen molar-refractivity contribution in [3.63, 3.8) is 0 Å². The average Bonchev–Trinajstić information content (AvgIpc) is 2.73. The van der Waals surface area contributed by atoms with Gasteiger partial charge in [0.2, 0.25) is 5.95 Å². The van der Waals surface area contributed by atoms with Crippen LogP contribution in [-0.4, -0.2) is 48.1 Å². The van der Waals surface area contributed by atoms with Gasteiger partial charge in [0.1, 0.15) is 5.82 Å². The Morgan fingerprint density at radius 3 is 2.17 bits per heavy atom. The zero-order valence-electron chi connectivity index (χ0n) is 17.8. The largest absolute Gasteiger partial charge is 0.369 e. The predicted molar refractivity (Wildman–Crippen MR) is 122 cm³/mol. The Morgan fingerprint density at radius 2 is 1.55 bits per heavy atom. The van der Waals surface area contributed by atoms with Gasteiger partial charge < -0.3 is 15.1 Å². The molecule has 0 atom stereocenters. The molecule has 0 fully saturated rings. The van der Waals surface area contributed by atoms with Crippen LogP contribution in [0.3, 0.4) is 0 Å². The van der Waals surface area contributed by atoms with Crippen LogP contribution >= 0.6 is 0 Å². The second kappa shape index (κ2) is 10.0. The molecule has 29 heavy (non-hydrogen) atoms. The maximum absolute atomic E-state index is 4.93. The van der Waals surface area contributed by atoms with E-state index in [0.717, 1.165) is 42.7 Å². The number of aromatic nitrogens is 2. The van der Waals surface area contributed by atoms with Crippen molar-refractivity contribution in [3.8, 4) is 11.3 Å². The number of nitrogens with one attached hydrogen (secondary N) is 1. The topological polar surface area (TPSA) is 44.3 Å². The first-order chi connectivity index (χ1) is 14.0. The summed E-state index contributed by atoms with van der Waals surface area (Å²) in [5.41, 5.74) is 3.27. The average molecular weight is 390 g/mol. The molecule has 0 bridgehead atoms. The number of rotatable bonds is 9. The second-order valence-electron chi connectivity index (χ2n) is 7.74. The first kappa shape index (κ1) is 20.8. The molecule has 0 spiro atoms.